The van der Waals surface area contributed by atoms with Crippen LogP contribution in [0.1, 0.15) is 38.0 Å². The van der Waals surface area contributed by atoms with Gasteiger partial charge in [-0.3, -0.25) is 0 Å². The smallest absolute Gasteiger partial charge is 0.210 e. The third kappa shape index (κ3) is 4.11. The molecule has 8 heteroatoms. The number of imidazole rings is 1. The summed E-state index contributed by atoms with van der Waals surface area (Å²) in [5.41, 5.74) is 2.98. The number of aromatic nitrogens is 5. The molecule has 0 bridgehead atoms. The van der Waals surface area contributed by atoms with Crippen LogP contribution in [0.2, 0.25) is 5.02 Å². The van der Waals surface area contributed by atoms with Crippen LogP contribution < -0.4 is 5.84 Å². The zero-order chi connectivity index (χ0) is 20.6. The van der Waals surface area contributed by atoms with Crippen LogP contribution in [0.5, 0.6) is 0 Å². The SMILES string of the molecule is CC(C)(C)c1nnc(SCc2nc3cc(Cl)ccc3n2Cc2ccccc2)n1N. The first kappa shape index (κ1) is 19.8. The summed E-state index contributed by atoms with van der Waals surface area (Å²) in [6, 6.07) is 16.2. The van der Waals surface area contributed by atoms with Crippen LogP contribution in [0.25, 0.3) is 11.0 Å². The van der Waals surface area contributed by atoms with Gasteiger partial charge in [-0.25, -0.2) is 9.66 Å². The topological polar surface area (TPSA) is 74.5 Å². The standard InChI is InChI=1S/C21H23ClN6S/c1-21(2,3)19-25-26-20(28(19)23)29-13-18-24-16-11-15(22)9-10-17(16)27(18)12-14-7-5-4-6-8-14/h4-11H,12-13,23H2,1-3H3. The molecule has 4 aromatic rings. The van der Waals surface area contributed by atoms with Crippen molar-refractivity contribution in [2.45, 2.75) is 43.6 Å². The molecule has 2 aromatic carbocycles. The highest BCUT2D eigenvalue weighted by molar-refractivity contribution is 7.98. The Morgan fingerprint density at radius 1 is 1.07 bits per heavy atom. The number of halogens is 1. The highest BCUT2D eigenvalue weighted by atomic mass is 35.5. The molecule has 6 nitrogen and oxygen atoms in total. The fourth-order valence-corrected chi connectivity index (χ4v) is 4.19. The van der Waals surface area contributed by atoms with Gasteiger partial charge in [-0.2, -0.15) is 0 Å². The minimum Gasteiger partial charge on any atom is -0.336 e. The molecule has 29 heavy (non-hydrogen) atoms. The summed E-state index contributed by atoms with van der Waals surface area (Å²) in [5.74, 6) is 8.56. The quantitative estimate of drug-likeness (QED) is 0.372. The molecule has 4 rings (SSSR count). The highest BCUT2D eigenvalue weighted by Crippen LogP contribution is 2.28. The summed E-state index contributed by atoms with van der Waals surface area (Å²) in [4.78, 5) is 4.83. The molecule has 0 saturated carbocycles. The summed E-state index contributed by atoms with van der Waals surface area (Å²) in [5, 5.41) is 9.89. The number of nitrogens with two attached hydrogens (primary N) is 1. The maximum absolute atomic E-state index is 6.24. The van der Waals surface area contributed by atoms with E-state index in [4.69, 9.17) is 22.4 Å². The predicted molar refractivity (Wildman–Crippen MR) is 119 cm³/mol. The molecular formula is C21H23ClN6S. The molecule has 0 amide bonds. The molecule has 2 N–H and O–H groups in total. The average Bonchev–Trinajstić information content (AvgIpc) is 3.21. The number of fused-ring (bicyclic) bond motifs is 1. The van der Waals surface area contributed by atoms with Gasteiger partial charge < -0.3 is 10.4 Å². The Balaban J connectivity index is 1.66. The van der Waals surface area contributed by atoms with Gasteiger partial charge >= 0.3 is 0 Å². The van der Waals surface area contributed by atoms with Gasteiger partial charge in [0, 0.05) is 17.0 Å². The lowest BCUT2D eigenvalue weighted by Gasteiger charge is -2.16. The van der Waals surface area contributed by atoms with Crippen molar-refractivity contribution in [3.8, 4) is 0 Å². The molecular weight excluding hydrogens is 404 g/mol. The first-order chi connectivity index (χ1) is 13.8. The molecule has 2 heterocycles. The number of nitrogen functional groups attached to an aromatic ring is 1. The highest BCUT2D eigenvalue weighted by Gasteiger charge is 2.23. The summed E-state index contributed by atoms with van der Waals surface area (Å²) in [6.07, 6.45) is 0. The maximum Gasteiger partial charge on any atom is 0.210 e. The van der Waals surface area contributed by atoms with Crippen LogP contribution in [0.4, 0.5) is 0 Å². The lowest BCUT2D eigenvalue weighted by atomic mass is 9.96. The lowest BCUT2D eigenvalue weighted by Crippen LogP contribution is -2.24. The minimum absolute atomic E-state index is 0.169. The Morgan fingerprint density at radius 3 is 2.52 bits per heavy atom. The maximum atomic E-state index is 6.24. The van der Waals surface area contributed by atoms with Crippen molar-refractivity contribution >= 4 is 34.4 Å². The van der Waals surface area contributed by atoms with Crippen molar-refractivity contribution in [1.82, 2.24) is 24.4 Å². The summed E-state index contributed by atoms with van der Waals surface area (Å²) in [7, 11) is 0. The fraction of sp³-hybridized carbons (Fsp3) is 0.286. The van der Waals surface area contributed by atoms with E-state index in [9.17, 15) is 0 Å². The first-order valence-corrected chi connectivity index (χ1v) is 10.7. The molecule has 150 valence electrons. The Morgan fingerprint density at radius 2 is 1.83 bits per heavy atom. The number of hydrogen-bond donors (Lipinski definition) is 1. The van der Waals surface area contributed by atoms with Gasteiger partial charge in [0.05, 0.1) is 16.8 Å². The lowest BCUT2D eigenvalue weighted by molar-refractivity contribution is 0.523. The van der Waals surface area contributed by atoms with Crippen LogP contribution in [0.15, 0.2) is 53.7 Å². The minimum atomic E-state index is -0.169. The Kier molecular flexibility index (Phi) is 5.27. The van der Waals surface area contributed by atoms with Gasteiger partial charge in [0.25, 0.3) is 0 Å². The third-order valence-electron chi connectivity index (χ3n) is 4.64. The van der Waals surface area contributed by atoms with Crippen LogP contribution in [-0.4, -0.2) is 24.4 Å². The number of rotatable bonds is 5. The number of nitrogens with zero attached hydrogens (tertiary/aromatic N) is 5. The second-order valence-electron chi connectivity index (χ2n) is 7.95. The van der Waals surface area contributed by atoms with E-state index < -0.39 is 0 Å². The first-order valence-electron chi connectivity index (χ1n) is 9.35. The van der Waals surface area contributed by atoms with E-state index in [1.54, 1.807) is 4.68 Å². The zero-order valence-corrected chi connectivity index (χ0v) is 18.2. The van der Waals surface area contributed by atoms with Gasteiger partial charge in [-0.15, -0.1) is 10.2 Å². The molecule has 0 unspecified atom stereocenters. The number of hydrogen-bond acceptors (Lipinski definition) is 5. The summed E-state index contributed by atoms with van der Waals surface area (Å²) < 4.78 is 3.79. The van der Waals surface area contributed by atoms with Crippen LogP contribution in [0.3, 0.4) is 0 Å². The molecule has 0 atom stereocenters. The van der Waals surface area contributed by atoms with E-state index in [-0.39, 0.29) is 5.41 Å². The second-order valence-corrected chi connectivity index (χ2v) is 9.33. The van der Waals surface area contributed by atoms with Crippen molar-refractivity contribution in [1.29, 1.82) is 0 Å². The van der Waals surface area contributed by atoms with E-state index in [1.165, 1.54) is 17.3 Å². The molecule has 0 aliphatic carbocycles. The molecule has 0 fully saturated rings. The summed E-state index contributed by atoms with van der Waals surface area (Å²) >= 11 is 7.72. The van der Waals surface area contributed by atoms with Crippen molar-refractivity contribution in [3.05, 3.63) is 70.8 Å². The average molecular weight is 427 g/mol. The predicted octanol–water partition coefficient (Wildman–Crippen LogP) is 4.63. The van der Waals surface area contributed by atoms with Crippen molar-refractivity contribution in [2.75, 3.05) is 5.84 Å². The van der Waals surface area contributed by atoms with Crippen LogP contribution >= 0.6 is 23.4 Å². The van der Waals surface area contributed by atoms with Crippen molar-refractivity contribution in [3.63, 3.8) is 0 Å². The molecule has 2 aromatic heterocycles. The number of benzene rings is 2. The van der Waals surface area contributed by atoms with Crippen molar-refractivity contribution < 1.29 is 0 Å². The van der Waals surface area contributed by atoms with Crippen molar-refractivity contribution in [2.24, 2.45) is 0 Å². The fourth-order valence-electron chi connectivity index (χ4n) is 3.22. The van der Waals surface area contributed by atoms with E-state index >= 15 is 0 Å². The zero-order valence-electron chi connectivity index (χ0n) is 16.6. The Bertz CT molecular complexity index is 1140. The number of thioether (sulfide) groups is 1. The van der Waals surface area contributed by atoms with Gasteiger partial charge in [-0.1, -0.05) is 74.5 Å². The van der Waals surface area contributed by atoms with Gasteiger partial charge in [0.15, 0.2) is 5.82 Å². The Hall–Kier alpha value is -2.51. The Labute approximate surface area is 179 Å². The van der Waals surface area contributed by atoms with E-state index in [2.05, 4.69) is 47.7 Å². The van der Waals surface area contributed by atoms with E-state index in [0.717, 1.165) is 29.2 Å². The second kappa shape index (κ2) is 7.72. The van der Waals surface area contributed by atoms with Gasteiger partial charge in [0.2, 0.25) is 5.16 Å². The molecule has 0 spiro atoms. The van der Waals surface area contributed by atoms with Crippen LogP contribution in [0, 0.1) is 0 Å². The monoisotopic (exact) mass is 426 g/mol. The van der Waals surface area contributed by atoms with Gasteiger partial charge in [-0.05, 0) is 23.8 Å². The molecule has 0 aliphatic heterocycles. The van der Waals surface area contributed by atoms with Crippen LogP contribution in [-0.2, 0) is 17.7 Å². The van der Waals surface area contributed by atoms with E-state index in [0.29, 0.717) is 15.9 Å². The summed E-state index contributed by atoms with van der Waals surface area (Å²) in [6.45, 7) is 6.94. The van der Waals surface area contributed by atoms with Gasteiger partial charge in [0.1, 0.15) is 5.82 Å². The van der Waals surface area contributed by atoms with E-state index in [1.807, 2.05) is 36.4 Å². The molecule has 0 aliphatic rings. The molecule has 0 radical (unpaired) electrons. The largest absolute Gasteiger partial charge is 0.336 e. The third-order valence-corrected chi connectivity index (χ3v) is 5.81. The molecule has 0 saturated heterocycles. The normalized spacial score (nSPS) is 12.0.